The number of carbonyl (C=O) groups is 1. The Hall–Kier alpha value is -2.37. The highest BCUT2D eigenvalue weighted by atomic mass is 16.5. The van der Waals surface area contributed by atoms with Crippen molar-refractivity contribution in [3.05, 3.63) is 36.4 Å². The molecule has 0 spiro atoms. The van der Waals surface area contributed by atoms with E-state index in [4.69, 9.17) is 4.74 Å². The predicted molar refractivity (Wildman–Crippen MR) is 83.4 cm³/mol. The molecule has 6 nitrogen and oxygen atoms in total. The van der Waals surface area contributed by atoms with Gasteiger partial charge in [-0.1, -0.05) is 0 Å². The van der Waals surface area contributed by atoms with Gasteiger partial charge in [-0.15, -0.1) is 10.2 Å². The number of piperidine rings is 1. The molecule has 3 rings (SSSR count). The molecule has 1 unspecified atom stereocenters. The summed E-state index contributed by atoms with van der Waals surface area (Å²) in [4.78, 5) is 14.5. The van der Waals surface area contributed by atoms with E-state index in [0.717, 1.165) is 30.8 Å². The highest BCUT2D eigenvalue weighted by molar-refractivity contribution is 5.96. The average molecular weight is 300 g/mol. The van der Waals surface area contributed by atoms with Crippen molar-refractivity contribution in [2.24, 2.45) is 0 Å². The van der Waals surface area contributed by atoms with E-state index in [1.54, 1.807) is 17.2 Å². The van der Waals surface area contributed by atoms with Gasteiger partial charge in [0.15, 0.2) is 0 Å². The topological polar surface area (TPSA) is 60.3 Å². The van der Waals surface area contributed by atoms with E-state index in [1.165, 1.54) is 13.5 Å². The number of hydrogen-bond donors (Lipinski definition) is 0. The number of aromatic nitrogens is 3. The summed E-state index contributed by atoms with van der Waals surface area (Å²) in [5.74, 6) is -0.317. The van der Waals surface area contributed by atoms with Gasteiger partial charge in [-0.3, -0.25) is 4.57 Å². The van der Waals surface area contributed by atoms with Crippen molar-refractivity contribution in [3.8, 4) is 5.69 Å². The normalized spacial score (nSPS) is 18.3. The van der Waals surface area contributed by atoms with E-state index in [1.807, 2.05) is 18.2 Å². The summed E-state index contributed by atoms with van der Waals surface area (Å²) in [5.41, 5.74) is 2.37. The molecule has 2 aromatic rings. The Kier molecular flexibility index (Phi) is 4.09. The van der Waals surface area contributed by atoms with Gasteiger partial charge in [-0.05, 0) is 44.4 Å². The van der Waals surface area contributed by atoms with Crippen molar-refractivity contribution in [1.29, 1.82) is 0 Å². The zero-order valence-electron chi connectivity index (χ0n) is 12.9. The van der Waals surface area contributed by atoms with Gasteiger partial charge >= 0.3 is 5.97 Å². The number of hydrogen-bond acceptors (Lipinski definition) is 5. The lowest BCUT2D eigenvalue weighted by atomic mass is 10.0. The van der Waals surface area contributed by atoms with Crippen LogP contribution in [0.3, 0.4) is 0 Å². The average Bonchev–Trinajstić information content (AvgIpc) is 3.08. The summed E-state index contributed by atoms with van der Waals surface area (Å²) >= 11 is 0. The molecule has 0 N–H and O–H groups in total. The Bertz CT molecular complexity index is 654. The molecular weight excluding hydrogens is 280 g/mol. The molecule has 1 atom stereocenters. The molecular formula is C16H20N4O2. The predicted octanol–water partition coefficient (Wildman–Crippen LogP) is 2.43. The largest absolute Gasteiger partial charge is 0.465 e. The molecule has 1 aromatic heterocycles. The first kappa shape index (κ1) is 14.6. The van der Waals surface area contributed by atoms with Crippen LogP contribution in [0.1, 0.15) is 36.5 Å². The van der Waals surface area contributed by atoms with Gasteiger partial charge < -0.3 is 9.64 Å². The second-order valence-corrected chi connectivity index (χ2v) is 5.60. The van der Waals surface area contributed by atoms with Crippen LogP contribution in [0, 0.1) is 0 Å². The van der Waals surface area contributed by atoms with Gasteiger partial charge in [0.25, 0.3) is 0 Å². The fourth-order valence-corrected chi connectivity index (χ4v) is 3.00. The number of methoxy groups -OCH3 is 1. The van der Waals surface area contributed by atoms with Crippen LogP contribution in [0.25, 0.3) is 5.69 Å². The maximum absolute atomic E-state index is 12.2. The van der Waals surface area contributed by atoms with Gasteiger partial charge in [-0.25, -0.2) is 4.79 Å². The smallest absolute Gasteiger partial charge is 0.340 e. The van der Waals surface area contributed by atoms with Crippen LogP contribution in [0.5, 0.6) is 0 Å². The van der Waals surface area contributed by atoms with Crippen molar-refractivity contribution < 1.29 is 9.53 Å². The summed E-state index contributed by atoms with van der Waals surface area (Å²) in [7, 11) is 1.41. The quantitative estimate of drug-likeness (QED) is 0.815. The number of anilines is 1. The second kappa shape index (κ2) is 6.17. The van der Waals surface area contributed by atoms with Crippen LogP contribution < -0.4 is 4.90 Å². The maximum Gasteiger partial charge on any atom is 0.340 e. The van der Waals surface area contributed by atoms with Crippen LogP contribution >= 0.6 is 0 Å². The third kappa shape index (κ3) is 2.68. The highest BCUT2D eigenvalue weighted by Gasteiger charge is 2.24. The minimum Gasteiger partial charge on any atom is -0.465 e. The highest BCUT2D eigenvalue weighted by Crippen LogP contribution is 2.30. The van der Waals surface area contributed by atoms with E-state index >= 15 is 0 Å². The Morgan fingerprint density at radius 2 is 2.05 bits per heavy atom. The van der Waals surface area contributed by atoms with Gasteiger partial charge in [-0.2, -0.15) is 0 Å². The first-order valence-electron chi connectivity index (χ1n) is 7.54. The van der Waals surface area contributed by atoms with E-state index in [0.29, 0.717) is 11.6 Å². The minimum absolute atomic E-state index is 0.317. The van der Waals surface area contributed by atoms with Gasteiger partial charge in [0.1, 0.15) is 12.7 Å². The van der Waals surface area contributed by atoms with Crippen LogP contribution in [-0.2, 0) is 4.74 Å². The molecule has 2 heterocycles. The molecule has 1 saturated heterocycles. The number of ether oxygens (including phenoxy) is 1. The zero-order chi connectivity index (χ0) is 15.5. The van der Waals surface area contributed by atoms with Gasteiger partial charge in [0.05, 0.1) is 18.4 Å². The van der Waals surface area contributed by atoms with Crippen LogP contribution in [0.4, 0.5) is 5.69 Å². The Morgan fingerprint density at radius 3 is 2.73 bits per heavy atom. The van der Waals surface area contributed by atoms with Crippen molar-refractivity contribution in [3.63, 3.8) is 0 Å². The first-order chi connectivity index (χ1) is 10.7. The van der Waals surface area contributed by atoms with Crippen LogP contribution in [0.15, 0.2) is 30.9 Å². The third-order valence-electron chi connectivity index (χ3n) is 4.21. The standard InChI is InChI=1S/C16H20N4O2/c1-12-5-3-4-8-20(12)15-7-6-13(19-10-17-18-11-19)9-14(15)16(21)22-2/h6-7,9-12H,3-5,8H2,1-2H3. The van der Waals surface area contributed by atoms with Crippen molar-refractivity contribution in [1.82, 2.24) is 14.8 Å². The van der Waals surface area contributed by atoms with E-state index in [2.05, 4.69) is 22.0 Å². The summed E-state index contributed by atoms with van der Waals surface area (Å²) in [6, 6.07) is 6.24. The molecule has 1 aromatic carbocycles. The fraction of sp³-hybridized carbons (Fsp3) is 0.438. The van der Waals surface area contributed by atoms with Crippen molar-refractivity contribution >= 4 is 11.7 Å². The zero-order valence-corrected chi connectivity index (χ0v) is 12.9. The van der Waals surface area contributed by atoms with Crippen molar-refractivity contribution in [2.45, 2.75) is 32.2 Å². The molecule has 116 valence electrons. The summed E-state index contributed by atoms with van der Waals surface area (Å²) < 4.78 is 6.74. The molecule has 0 saturated carbocycles. The lowest BCUT2D eigenvalue weighted by molar-refractivity contribution is 0.0601. The summed E-state index contributed by atoms with van der Waals surface area (Å²) in [6.07, 6.45) is 6.76. The molecule has 6 heteroatoms. The van der Waals surface area contributed by atoms with E-state index < -0.39 is 0 Å². The van der Waals surface area contributed by atoms with Gasteiger partial charge in [0, 0.05) is 18.3 Å². The number of esters is 1. The summed E-state index contributed by atoms with van der Waals surface area (Å²) in [5, 5.41) is 7.61. The van der Waals surface area contributed by atoms with Gasteiger partial charge in [0.2, 0.25) is 0 Å². The Balaban J connectivity index is 2.03. The Labute approximate surface area is 129 Å². The fourth-order valence-electron chi connectivity index (χ4n) is 3.00. The molecule has 1 fully saturated rings. The molecule has 0 amide bonds. The Morgan fingerprint density at radius 1 is 1.27 bits per heavy atom. The first-order valence-corrected chi connectivity index (χ1v) is 7.54. The lowest BCUT2D eigenvalue weighted by Crippen LogP contribution is -2.38. The summed E-state index contributed by atoms with van der Waals surface area (Å²) in [6.45, 7) is 3.17. The SMILES string of the molecule is COC(=O)c1cc(-n2cnnc2)ccc1N1CCCCC1C. The minimum atomic E-state index is -0.317. The molecule has 0 bridgehead atoms. The monoisotopic (exact) mass is 300 g/mol. The second-order valence-electron chi connectivity index (χ2n) is 5.60. The molecule has 0 aliphatic carbocycles. The molecule has 22 heavy (non-hydrogen) atoms. The number of rotatable bonds is 3. The third-order valence-corrected chi connectivity index (χ3v) is 4.21. The van der Waals surface area contributed by atoms with E-state index in [9.17, 15) is 4.79 Å². The van der Waals surface area contributed by atoms with Crippen LogP contribution in [0.2, 0.25) is 0 Å². The molecule has 1 aliphatic heterocycles. The molecule has 1 aliphatic rings. The van der Waals surface area contributed by atoms with E-state index in [-0.39, 0.29) is 5.97 Å². The van der Waals surface area contributed by atoms with Crippen LogP contribution in [-0.4, -0.2) is 40.4 Å². The maximum atomic E-state index is 12.2. The number of nitrogens with zero attached hydrogens (tertiary/aromatic N) is 4. The lowest BCUT2D eigenvalue weighted by Gasteiger charge is -2.36. The number of carbonyl (C=O) groups excluding carboxylic acids is 1. The molecule has 0 radical (unpaired) electrons. The van der Waals surface area contributed by atoms with Crippen molar-refractivity contribution in [2.75, 3.05) is 18.6 Å². The number of benzene rings is 1.